The van der Waals surface area contributed by atoms with Crippen LogP contribution in [0.25, 0.3) is 0 Å². The molecule has 1 heterocycles. The second-order valence-electron chi connectivity index (χ2n) is 6.30. The Labute approximate surface area is 145 Å². The lowest BCUT2D eigenvalue weighted by Gasteiger charge is -2.37. The zero-order chi connectivity index (χ0) is 18.0. The molecular weight excluding hydrogens is 323 g/mol. The van der Waals surface area contributed by atoms with Crippen molar-refractivity contribution in [2.24, 2.45) is 0 Å². The van der Waals surface area contributed by atoms with Gasteiger partial charge in [-0.2, -0.15) is 0 Å². The van der Waals surface area contributed by atoms with Gasteiger partial charge in [-0.3, -0.25) is 14.9 Å². The summed E-state index contributed by atoms with van der Waals surface area (Å²) in [6, 6.07) is 12.2. The molecule has 2 aromatic rings. The van der Waals surface area contributed by atoms with Gasteiger partial charge in [-0.15, -0.1) is 0 Å². The summed E-state index contributed by atoms with van der Waals surface area (Å²) in [4.78, 5) is 25.1. The Kier molecular flexibility index (Phi) is 4.79. The maximum absolute atomic E-state index is 13.1. The highest BCUT2D eigenvalue weighted by atomic mass is 19.1. The van der Waals surface area contributed by atoms with Gasteiger partial charge in [-0.25, -0.2) is 4.39 Å². The number of benzene rings is 2. The monoisotopic (exact) mass is 342 g/mol. The topological polar surface area (TPSA) is 63.4 Å². The van der Waals surface area contributed by atoms with Crippen LogP contribution in [0.3, 0.4) is 0 Å². The highest BCUT2D eigenvalue weighted by Crippen LogP contribution is 2.33. The van der Waals surface area contributed by atoms with Crippen molar-refractivity contribution >= 4 is 11.6 Å². The number of carbonyl (C=O) groups excluding carboxylic acids is 1. The lowest BCUT2D eigenvalue weighted by atomic mass is 9.88. The predicted molar refractivity (Wildman–Crippen MR) is 91.6 cm³/mol. The first-order valence-electron chi connectivity index (χ1n) is 8.27. The van der Waals surface area contributed by atoms with Gasteiger partial charge in [0.1, 0.15) is 5.82 Å². The molecule has 130 valence electrons. The highest BCUT2D eigenvalue weighted by molar-refractivity contribution is 5.85. The molecular formula is C19H19FN2O3. The van der Waals surface area contributed by atoms with E-state index in [9.17, 15) is 19.3 Å². The molecule has 25 heavy (non-hydrogen) atoms. The first-order chi connectivity index (χ1) is 12.0. The molecule has 6 heteroatoms. The van der Waals surface area contributed by atoms with Gasteiger partial charge < -0.3 is 4.90 Å². The summed E-state index contributed by atoms with van der Waals surface area (Å²) in [5.74, 6) is -0.584. The quantitative estimate of drug-likeness (QED) is 0.618. The van der Waals surface area contributed by atoms with Crippen molar-refractivity contribution in [2.75, 3.05) is 6.54 Å². The van der Waals surface area contributed by atoms with Crippen LogP contribution < -0.4 is 0 Å². The van der Waals surface area contributed by atoms with E-state index in [1.807, 2.05) is 11.8 Å². The van der Waals surface area contributed by atoms with Gasteiger partial charge in [0, 0.05) is 18.7 Å². The Balaban J connectivity index is 1.80. The highest BCUT2D eigenvalue weighted by Gasteiger charge is 2.33. The van der Waals surface area contributed by atoms with Crippen LogP contribution in [0.1, 0.15) is 42.9 Å². The van der Waals surface area contributed by atoms with Gasteiger partial charge in [-0.05, 0) is 43.0 Å². The minimum atomic E-state index is -0.449. The van der Waals surface area contributed by atoms with Crippen molar-refractivity contribution in [2.45, 2.75) is 31.7 Å². The fourth-order valence-corrected chi connectivity index (χ4v) is 3.34. The number of carbonyl (C=O) groups is 1. The summed E-state index contributed by atoms with van der Waals surface area (Å²) >= 11 is 0. The Morgan fingerprint density at radius 2 is 1.80 bits per heavy atom. The SMILES string of the molecule is C[C@@H](c1ccc(F)cc1)N1CCC[C@@H](c2ccc([N+](=O)[O-])cc2)C1=O. The van der Waals surface area contributed by atoms with E-state index in [1.165, 1.54) is 24.3 Å². The molecule has 1 fully saturated rings. The molecule has 2 atom stereocenters. The van der Waals surface area contributed by atoms with Crippen LogP contribution in [0.15, 0.2) is 48.5 Å². The van der Waals surface area contributed by atoms with E-state index in [2.05, 4.69) is 0 Å². The Bertz CT molecular complexity index is 774. The normalized spacial score (nSPS) is 18.9. The number of non-ortho nitro benzene ring substituents is 1. The van der Waals surface area contributed by atoms with E-state index in [0.717, 1.165) is 24.0 Å². The van der Waals surface area contributed by atoms with Crippen LogP contribution in [0.4, 0.5) is 10.1 Å². The number of nitro benzene ring substituents is 1. The molecule has 2 aromatic carbocycles. The van der Waals surface area contributed by atoms with Gasteiger partial charge in [0.15, 0.2) is 0 Å². The average Bonchev–Trinajstić information content (AvgIpc) is 2.62. The number of halogens is 1. The summed E-state index contributed by atoms with van der Waals surface area (Å²) in [7, 11) is 0. The van der Waals surface area contributed by atoms with Crippen LogP contribution in [0.2, 0.25) is 0 Å². The Morgan fingerprint density at radius 1 is 1.16 bits per heavy atom. The standard InChI is InChI=1S/C19H19FN2O3/c1-13(14-4-8-16(20)9-5-14)21-12-2-3-18(19(21)23)15-6-10-17(11-7-15)22(24)25/h4-11,13,18H,2-3,12H2,1H3/t13-,18-/m0/s1. The van der Waals surface area contributed by atoms with Crippen LogP contribution in [0.5, 0.6) is 0 Å². The minimum Gasteiger partial charge on any atom is -0.335 e. The lowest BCUT2D eigenvalue weighted by molar-refractivity contribution is -0.384. The molecule has 0 unspecified atom stereocenters. The third kappa shape index (κ3) is 3.52. The number of rotatable bonds is 4. The van der Waals surface area contributed by atoms with E-state index >= 15 is 0 Å². The molecule has 0 N–H and O–H groups in total. The maximum atomic E-state index is 13.1. The van der Waals surface area contributed by atoms with Gasteiger partial charge in [0.05, 0.1) is 16.9 Å². The lowest BCUT2D eigenvalue weighted by Crippen LogP contribution is -2.41. The van der Waals surface area contributed by atoms with Crippen molar-refractivity contribution in [3.63, 3.8) is 0 Å². The van der Waals surface area contributed by atoms with Crippen molar-refractivity contribution in [3.05, 3.63) is 75.6 Å². The molecule has 0 aliphatic carbocycles. The smallest absolute Gasteiger partial charge is 0.269 e. The molecule has 1 aliphatic rings. The van der Waals surface area contributed by atoms with Gasteiger partial charge >= 0.3 is 0 Å². The molecule has 1 amide bonds. The van der Waals surface area contributed by atoms with Gasteiger partial charge in [0.25, 0.3) is 5.69 Å². The van der Waals surface area contributed by atoms with Crippen LogP contribution in [-0.4, -0.2) is 22.3 Å². The third-order valence-electron chi connectivity index (χ3n) is 4.80. The third-order valence-corrected chi connectivity index (χ3v) is 4.80. The maximum Gasteiger partial charge on any atom is 0.269 e. The molecule has 0 saturated carbocycles. The van der Waals surface area contributed by atoms with Crippen LogP contribution >= 0.6 is 0 Å². The number of hydrogen-bond donors (Lipinski definition) is 0. The fraction of sp³-hybridized carbons (Fsp3) is 0.316. The summed E-state index contributed by atoms with van der Waals surface area (Å²) < 4.78 is 13.1. The molecule has 1 aliphatic heterocycles. The molecule has 5 nitrogen and oxygen atoms in total. The second kappa shape index (κ2) is 7.01. The van der Waals surface area contributed by atoms with E-state index < -0.39 is 4.92 Å². The van der Waals surface area contributed by atoms with E-state index in [4.69, 9.17) is 0 Å². The number of amides is 1. The van der Waals surface area contributed by atoms with E-state index in [1.54, 1.807) is 24.3 Å². The Morgan fingerprint density at radius 3 is 2.40 bits per heavy atom. The Hall–Kier alpha value is -2.76. The average molecular weight is 342 g/mol. The predicted octanol–water partition coefficient (Wildman–Crippen LogP) is 4.20. The van der Waals surface area contributed by atoms with E-state index in [0.29, 0.717) is 6.54 Å². The van der Waals surface area contributed by atoms with Crippen molar-refractivity contribution < 1.29 is 14.1 Å². The van der Waals surface area contributed by atoms with Crippen molar-refractivity contribution in [3.8, 4) is 0 Å². The van der Waals surface area contributed by atoms with Gasteiger partial charge in [-0.1, -0.05) is 24.3 Å². The summed E-state index contributed by atoms with van der Waals surface area (Å²) in [5.41, 5.74) is 1.70. The van der Waals surface area contributed by atoms with Crippen LogP contribution in [0, 0.1) is 15.9 Å². The number of likely N-dealkylation sites (tertiary alicyclic amines) is 1. The summed E-state index contributed by atoms with van der Waals surface area (Å²) in [5, 5.41) is 10.8. The summed E-state index contributed by atoms with van der Waals surface area (Å²) in [6.45, 7) is 2.59. The zero-order valence-electron chi connectivity index (χ0n) is 13.9. The fourth-order valence-electron chi connectivity index (χ4n) is 3.34. The van der Waals surface area contributed by atoms with Gasteiger partial charge in [0.2, 0.25) is 5.91 Å². The first kappa shape index (κ1) is 17.1. The molecule has 0 bridgehead atoms. The second-order valence-corrected chi connectivity index (χ2v) is 6.30. The minimum absolute atomic E-state index is 0.0110. The molecule has 1 saturated heterocycles. The number of hydrogen-bond acceptors (Lipinski definition) is 3. The van der Waals surface area contributed by atoms with Crippen LogP contribution in [-0.2, 0) is 4.79 Å². The molecule has 3 rings (SSSR count). The molecule has 0 aromatic heterocycles. The first-order valence-corrected chi connectivity index (χ1v) is 8.27. The summed E-state index contributed by atoms with van der Waals surface area (Å²) in [6.07, 6.45) is 1.59. The number of piperidine rings is 1. The number of nitrogens with zero attached hydrogens (tertiary/aromatic N) is 2. The van der Waals surface area contributed by atoms with E-state index in [-0.39, 0.29) is 29.4 Å². The van der Waals surface area contributed by atoms with Crippen molar-refractivity contribution in [1.29, 1.82) is 0 Å². The zero-order valence-corrected chi connectivity index (χ0v) is 13.9. The number of nitro groups is 1. The molecule has 0 radical (unpaired) electrons. The van der Waals surface area contributed by atoms with Crippen molar-refractivity contribution in [1.82, 2.24) is 4.90 Å². The largest absolute Gasteiger partial charge is 0.335 e. The molecule has 0 spiro atoms.